The third-order valence-corrected chi connectivity index (χ3v) is 4.56. The van der Waals surface area contributed by atoms with Crippen LogP contribution in [0.2, 0.25) is 0 Å². The fourth-order valence-electron chi connectivity index (χ4n) is 1.96. The largest absolute Gasteiger partial charge is 0.495 e. The molecule has 7 heteroatoms. The summed E-state index contributed by atoms with van der Waals surface area (Å²) in [5, 5.41) is 7.06. The molecular weight excluding hydrogens is 532 g/mol. The van der Waals surface area contributed by atoms with Crippen LogP contribution < -0.4 is 15.5 Å². The second-order valence-electron chi connectivity index (χ2n) is 5.02. The average Bonchev–Trinajstić information content (AvgIpc) is 2.54. The number of halogens is 2. The van der Waals surface area contributed by atoms with Gasteiger partial charge in [-0.1, -0.05) is 17.7 Å². The topological polar surface area (TPSA) is 62.7 Å². The number of ether oxygens (including phenoxy) is 1. The number of nitrogens with one attached hydrogen (secondary N) is 2. The van der Waals surface area contributed by atoms with Crippen LogP contribution in [-0.2, 0) is 4.79 Å². The highest BCUT2D eigenvalue weighted by Crippen LogP contribution is 2.26. The van der Waals surface area contributed by atoms with Crippen LogP contribution in [0.3, 0.4) is 0 Å². The molecule has 0 saturated carbocycles. The first kappa shape index (κ1) is 19.0. The zero-order valence-electron chi connectivity index (χ0n) is 13.3. The van der Waals surface area contributed by atoms with Gasteiger partial charge in [-0.25, -0.2) is 5.43 Å². The maximum atomic E-state index is 11.8. The van der Waals surface area contributed by atoms with Gasteiger partial charge in [-0.3, -0.25) is 4.79 Å². The van der Waals surface area contributed by atoms with Gasteiger partial charge in [-0.15, -0.1) is 0 Å². The van der Waals surface area contributed by atoms with Crippen molar-refractivity contribution in [3.8, 4) is 5.75 Å². The van der Waals surface area contributed by atoms with E-state index in [1.165, 1.54) is 5.56 Å². The van der Waals surface area contributed by atoms with Crippen LogP contribution in [0, 0.1) is 14.1 Å². The van der Waals surface area contributed by atoms with Crippen molar-refractivity contribution in [3.63, 3.8) is 0 Å². The molecule has 126 valence electrons. The van der Waals surface area contributed by atoms with Gasteiger partial charge in [0.1, 0.15) is 5.75 Å². The average molecular weight is 549 g/mol. The van der Waals surface area contributed by atoms with Gasteiger partial charge in [0.25, 0.3) is 5.91 Å². The first-order valence-corrected chi connectivity index (χ1v) is 9.31. The Hall–Kier alpha value is -1.36. The Labute approximate surface area is 168 Å². The van der Waals surface area contributed by atoms with E-state index in [1.807, 2.05) is 43.3 Å². The Morgan fingerprint density at radius 2 is 1.96 bits per heavy atom. The SMILES string of the molecule is COc1c(I)cc(I)cc1/C=N/NC(=O)CNc1ccc(C)cc1. The Morgan fingerprint density at radius 3 is 2.62 bits per heavy atom. The number of aryl methyl sites for hydroxylation is 1. The summed E-state index contributed by atoms with van der Waals surface area (Å²) in [6.45, 7) is 2.17. The Bertz CT molecular complexity index is 746. The first-order valence-electron chi connectivity index (χ1n) is 7.15. The fraction of sp³-hybridized carbons (Fsp3) is 0.176. The molecule has 2 aromatic rings. The van der Waals surface area contributed by atoms with E-state index < -0.39 is 0 Å². The molecule has 5 nitrogen and oxygen atoms in total. The van der Waals surface area contributed by atoms with Gasteiger partial charge < -0.3 is 10.1 Å². The predicted octanol–water partition coefficient (Wildman–Crippen LogP) is 3.78. The Morgan fingerprint density at radius 1 is 1.25 bits per heavy atom. The van der Waals surface area contributed by atoms with Crippen molar-refractivity contribution in [1.82, 2.24) is 5.43 Å². The summed E-state index contributed by atoms with van der Waals surface area (Å²) < 4.78 is 7.45. The molecule has 0 radical (unpaired) electrons. The summed E-state index contributed by atoms with van der Waals surface area (Å²) in [5.41, 5.74) is 5.40. The highest BCUT2D eigenvalue weighted by Gasteiger charge is 2.07. The van der Waals surface area contributed by atoms with E-state index in [0.29, 0.717) is 0 Å². The molecule has 2 aromatic carbocycles. The number of rotatable bonds is 6. The monoisotopic (exact) mass is 549 g/mol. The normalized spacial score (nSPS) is 10.7. The molecule has 0 aliphatic heterocycles. The van der Waals surface area contributed by atoms with E-state index in [0.717, 1.165) is 24.1 Å². The minimum absolute atomic E-state index is 0.154. The Kier molecular flexibility index (Phi) is 7.28. The van der Waals surface area contributed by atoms with Crippen LogP contribution >= 0.6 is 45.2 Å². The lowest BCUT2D eigenvalue weighted by Crippen LogP contribution is -2.25. The van der Waals surface area contributed by atoms with Gasteiger partial charge in [0.15, 0.2) is 0 Å². The van der Waals surface area contributed by atoms with Gasteiger partial charge in [0.2, 0.25) is 0 Å². The van der Waals surface area contributed by atoms with Gasteiger partial charge >= 0.3 is 0 Å². The van der Waals surface area contributed by atoms with Crippen molar-refractivity contribution in [3.05, 3.63) is 54.7 Å². The van der Waals surface area contributed by atoms with Crippen LogP contribution in [0.15, 0.2) is 41.5 Å². The van der Waals surface area contributed by atoms with E-state index >= 15 is 0 Å². The lowest BCUT2D eigenvalue weighted by Gasteiger charge is -2.08. The maximum absolute atomic E-state index is 11.8. The molecule has 2 N–H and O–H groups in total. The molecule has 0 heterocycles. The van der Waals surface area contributed by atoms with Crippen molar-refractivity contribution < 1.29 is 9.53 Å². The van der Waals surface area contributed by atoms with Gasteiger partial charge in [0.05, 0.1) is 23.4 Å². The number of carbonyl (C=O) groups is 1. The first-order chi connectivity index (χ1) is 11.5. The summed E-state index contributed by atoms with van der Waals surface area (Å²) in [5.74, 6) is 0.526. The van der Waals surface area contributed by atoms with Gasteiger partial charge in [-0.05, 0) is 76.4 Å². The standard InChI is InChI=1S/C17H17I2N3O2/c1-11-3-5-14(6-4-11)20-10-16(23)22-21-9-12-7-13(18)8-15(19)17(12)24-2/h3-9,20H,10H2,1-2H3,(H,22,23)/b21-9+. The highest BCUT2D eigenvalue weighted by molar-refractivity contribution is 14.1. The summed E-state index contributed by atoms with van der Waals surface area (Å²) in [7, 11) is 1.62. The zero-order valence-corrected chi connectivity index (χ0v) is 17.6. The second kappa shape index (κ2) is 9.21. The van der Waals surface area contributed by atoms with Crippen molar-refractivity contribution in [2.24, 2.45) is 5.10 Å². The van der Waals surface area contributed by atoms with Crippen molar-refractivity contribution in [2.75, 3.05) is 19.0 Å². The molecule has 0 spiro atoms. The third kappa shape index (κ3) is 5.62. The fourth-order valence-corrected chi connectivity index (χ4v) is 4.07. The van der Waals surface area contributed by atoms with E-state index in [2.05, 4.69) is 61.0 Å². The van der Waals surface area contributed by atoms with Gasteiger partial charge in [0, 0.05) is 14.8 Å². The minimum atomic E-state index is -0.217. The Balaban J connectivity index is 1.91. The number of anilines is 1. The van der Waals surface area contributed by atoms with Crippen molar-refractivity contribution >= 4 is 63.0 Å². The molecular formula is C17H17I2N3O2. The number of hydrogen-bond acceptors (Lipinski definition) is 4. The molecule has 0 saturated heterocycles. The number of amides is 1. The molecule has 0 bridgehead atoms. The lowest BCUT2D eigenvalue weighted by atomic mass is 10.2. The lowest BCUT2D eigenvalue weighted by molar-refractivity contribution is -0.119. The number of methoxy groups -OCH3 is 1. The summed E-state index contributed by atoms with van der Waals surface area (Å²) in [6, 6.07) is 11.8. The molecule has 1 amide bonds. The van der Waals surface area contributed by atoms with Crippen molar-refractivity contribution in [2.45, 2.75) is 6.92 Å². The highest BCUT2D eigenvalue weighted by atomic mass is 127. The second-order valence-corrected chi connectivity index (χ2v) is 7.43. The van der Waals surface area contributed by atoms with Crippen LogP contribution in [0.1, 0.15) is 11.1 Å². The number of hydrazone groups is 1. The molecule has 24 heavy (non-hydrogen) atoms. The predicted molar refractivity (Wildman–Crippen MR) is 114 cm³/mol. The van der Waals surface area contributed by atoms with Crippen molar-refractivity contribution in [1.29, 1.82) is 0 Å². The third-order valence-electron chi connectivity index (χ3n) is 3.14. The van der Waals surface area contributed by atoms with Crippen LogP contribution in [0.4, 0.5) is 5.69 Å². The summed E-state index contributed by atoms with van der Waals surface area (Å²) in [6.07, 6.45) is 1.59. The zero-order chi connectivity index (χ0) is 17.5. The smallest absolute Gasteiger partial charge is 0.259 e. The van der Waals surface area contributed by atoms with E-state index in [9.17, 15) is 4.79 Å². The van der Waals surface area contributed by atoms with Crippen LogP contribution in [0.25, 0.3) is 0 Å². The van der Waals surface area contributed by atoms with Crippen LogP contribution in [0.5, 0.6) is 5.75 Å². The molecule has 0 aliphatic carbocycles. The number of nitrogens with zero attached hydrogens (tertiary/aromatic N) is 1. The van der Waals surface area contributed by atoms with Crippen LogP contribution in [-0.4, -0.2) is 25.8 Å². The number of hydrogen-bond donors (Lipinski definition) is 2. The molecule has 2 rings (SSSR count). The summed E-state index contributed by atoms with van der Waals surface area (Å²) >= 11 is 4.44. The molecule has 0 atom stereocenters. The molecule has 0 aliphatic rings. The molecule has 0 unspecified atom stereocenters. The number of carbonyl (C=O) groups excluding carboxylic acids is 1. The quantitative estimate of drug-likeness (QED) is 0.328. The number of benzene rings is 2. The maximum Gasteiger partial charge on any atom is 0.259 e. The summed E-state index contributed by atoms with van der Waals surface area (Å²) in [4.78, 5) is 11.8. The molecule has 0 fully saturated rings. The molecule has 0 aromatic heterocycles. The van der Waals surface area contributed by atoms with E-state index in [-0.39, 0.29) is 12.5 Å². The van der Waals surface area contributed by atoms with Gasteiger partial charge in [-0.2, -0.15) is 5.10 Å². The van der Waals surface area contributed by atoms with E-state index in [4.69, 9.17) is 4.74 Å². The minimum Gasteiger partial charge on any atom is -0.495 e. The van der Waals surface area contributed by atoms with E-state index in [1.54, 1.807) is 13.3 Å².